The molecule has 0 atom stereocenters. The number of hydrogen-bond donors (Lipinski definition) is 2. The summed E-state index contributed by atoms with van der Waals surface area (Å²) < 4.78 is 4.51. The third kappa shape index (κ3) is 3.20. The van der Waals surface area contributed by atoms with Crippen LogP contribution >= 0.6 is 0 Å². The fourth-order valence-corrected chi connectivity index (χ4v) is 2.13. The Bertz CT molecular complexity index is 259. The molecule has 5 heteroatoms. The van der Waals surface area contributed by atoms with Gasteiger partial charge in [-0.3, -0.25) is 9.59 Å². The standard InChI is InChI=1S/C11H19NO4/c1-16-9(13)5-8-12-11(10(14)15)6-3-2-4-7-11/h12H,2-8H2,1H3,(H,14,15). The number of carbonyl (C=O) groups is 2. The van der Waals surface area contributed by atoms with Crippen molar-refractivity contribution in [2.45, 2.75) is 44.1 Å². The van der Waals surface area contributed by atoms with E-state index in [-0.39, 0.29) is 12.4 Å². The van der Waals surface area contributed by atoms with Crippen LogP contribution in [0.2, 0.25) is 0 Å². The van der Waals surface area contributed by atoms with E-state index in [1.807, 2.05) is 0 Å². The number of esters is 1. The van der Waals surface area contributed by atoms with Gasteiger partial charge < -0.3 is 15.2 Å². The molecule has 1 rings (SSSR count). The van der Waals surface area contributed by atoms with Crippen LogP contribution in [0.4, 0.5) is 0 Å². The Labute approximate surface area is 95.2 Å². The molecule has 0 aromatic heterocycles. The van der Waals surface area contributed by atoms with Crippen molar-refractivity contribution in [2.24, 2.45) is 0 Å². The molecule has 16 heavy (non-hydrogen) atoms. The van der Waals surface area contributed by atoms with Crippen molar-refractivity contribution < 1.29 is 19.4 Å². The molecule has 0 aromatic carbocycles. The summed E-state index contributed by atoms with van der Waals surface area (Å²) in [7, 11) is 1.33. The lowest BCUT2D eigenvalue weighted by Gasteiger charge is -2.34. The SMILES string of the molecule is COC(=O)CCNC1(C(=O)O)CCCCC1. The summed E-state index contributed by atoms with van der Waals surface area (Å²) in [6, 6.07) is 0. The number of carboxylic acids is 1. The summed E-state index contributed by atoms with van der Waals surface area (Å²) in [5.41, 5.74) is -0.827. The zero-order valence-electron chi connectivity index (χ0n) is 9.62. The van der Waals surface area contributed by atoms with E-state index in [0.29, 0.717) is 19.4 Å². The number of rotatable bonds is 5. The average molecular weight is 229 g/mol. The highest BCUT2D eigenvalue weighted by Crippen LogP contribution is 2.28. The lowest BCUT2D eigenvalue weighted by molar-refractivity contribution is -0.147. The van der Waals surface area contributed by atoms with Gasteiger partial charge in [0.25, 0.3) is 0 Å². The third-order valence-corrected chi connectivity index (χ3v) is 3.14. The number of methoxy groups -OCH3 is 1. The molecule has 1 aliphatic carbocycles. The van der Waals surface area contributed by atoms with Gasteiger partial charge in [0.1, 0.15) is 5.54 Å². The normalized spacial score (nSPS) is 19.1. The maximum absolute atomic E-state index is 11.2. The minimum absolute atomic E-state index is 0.214. The molecule has 0 unspecified atom stereocenters. The fraction of sp³-hybridized carbons (Fsp3) is 0.818. The molecule has 0 aromatic rings. The van der Waals surface area contributed by atoms with E-state index < -0.39 is 11.5 Å². The highest BCUT2D eigenvalue weighted by molar-refractivity contribution is 5.79. The second-order valence-electron chi connectivity index (χ2n) is 4.20. The maximum atomic E-state index is 11.2. The summed E-state index contributed by atoms with van der Waals surface area (Å²) in [6.07, 6.45) is 4.45. The highest BCUT2D eigenvalue weighted by Gasteiger charge is 2.38. The first-order chi connectivity index (χ1) is 7.60. The second kappa shape index (κ2) is 5.84. The van der Waals surface area contributed by atoms with Gasteiger partial charge in [-0.2, -0.15) is 0 Å². The first-order valence-corrected chi connectivity index (χ1v) is 5.66. The predicted octanol–water partition coefficient (Wildman–Crippen LogP) is 0.927. The van der Waals surface area contributed by atoms with Crippen LogP contribution in [-0.2, 0) is 14.3 Å². The number of aliphatic carboxylic acids is 1. The molecule has 1 saturated carbocycles. The van der Waals surface area contributed by atoms with Gasteiger partial charge in [0.15, 0.2) is 0 Å². The lowest BCUT2D eigenvalue weighted by Crippen LogP contribution is -2.53. The van der Waals surface area contributed by atoms with Crippen molar-refractivity contribution in [3.05, 3.63) is 0 Å². The average Bonchev–Trinajstić information content (AvgIpc) is 2.30. The lowest BCUT2D eigenvalue weighted by atomic mass is 9.81. The Morgan fingerprint density at radius 1 is 1.31 bits per heavy atom. The second-order valence-corrected chi connectivity index (χ2v) is 4.20. The number of hydrogen-bond acceptors (Lipinski definition) is 4. The molecule has 92 valence electrons. The molecule has 0 radical (unpaired) electrons. The molecule has 0 heterocycles. The molecule has 1 fully saturated rings. The summed E-state index contributed by atoms with van der Waals surface area (Å²) in [5, 5.41) is 12.2. The predicted molar refractivity (Wildman–Crippen MR) is 58.1 cm³/mol. The minimum atomic E-state index is -0.827. The van der Waals surface area contributed by atoms with Gasteiger partial charge in [-0.1, -0.05) is 19.3 Å². The molecule has 5 nitrogen and oxygen atoms in total. The van der Waals surface area contributed by atoms with Gasteiger partial charge in [0, 0.05) is 6.54 Å². The maximum Gasteiger partial charge on any atom is 0.323 e. The summed E-state index contributed by atoms with van der Waals surface area (Å²) >= 11 is 0. The van der Waals surface area contributed by atoms with Crippen molar-refractivity contribution in [1.82, 2.24) is 5.32 Å². The molecule has 0 bridgehead atoms. The van der Waals surface area contributed by atoms with Gasteiger partial charge in [0.2, 0.25) is 0 Å². The molecule has 0 saturated heterocycles. The van der Waals surface area contributed by atoms with Crippen molar-refractivity contribution >= 4 is 11.9 Å². The van der Waals surface area contributed by atoms with Crippen LogP contribution in [0.5, 0.6) is 0 Å². The van der Waals surface area contributed by atoms with E-state index in [1.165, 1.54) is 7.11 Å². The number of nitrogens with one attached hydrogen (secondary N) is 1. The largest absolute Gasteiger partial charge is 0.480 e. The molecular weight excluding hydrogens is 210 g/mol. The van der Waals surface area contributed by atoms with Crippen LogP contribution in [0.15, 0.2) is 0 Å². The van der Waals surface area contributed by atoms with E-state index in [0.717, 1.165) is 19.3 Å². The van der Waals surface area contributed by atoms with Crippen LogP contribution in [0, 0.1) is 0 Å². The molecule has 0 amide bonds. The number of carbonyl (C=O) groups excluding carboxylic acids is 1. The number of carboxylic acid groups (broad SMARTS) is 1. The summed E-state index contributed by atoms with van der Waals surface area (Å²) in [5.74, 6) is -1.12. The van der Waals surface area contributed by atoms with E-state index in [9.17, 15) is 14.7 Å². The highest BCUT2D eigenvalue weighted by atomic mass is 16.5. The van der Waals surface area contributed by atoms with Crippen LogP contribution in [0.1, 0.15) is 38.5 Å². The molecule has 1 aliphatic rings. The Hall–Kier alpha value is -1.10. The van der Waals surface area contributed by atoms with Gasteiger partial charge in [0.05, 0.1) is 13.5 Å². The zero-order chi connectivity index (χ0) is 12.0. The van der Waals surface area contributed by atoms with Crippen molar-refractivity contribution in [3.63, 3.8) is 0 Å². The van der Waals surface area contributed by atoms with Crippen LogP contribution in [0.3, 0.4) is 0 Å². The number of ether oxygens (including phenoxy) is 1. The summed E-state index contributed by atoms with van der Waals surface area (Å²) in [4.78, 5) is 22.2. The van der Waals surface area contributed by atoms with Crippen molar-refractivity contribution in [2.75, 3.05) is 13.7 Å². The Kier molecular flexibility index (Phi) is 4.73. The monoisotopic (exact) mass is 229 g/mol. The van der Waals surface area contributed by atoms with E-state index in [4.69, 9.17) is 0 Å². The Morgan fingerprint density at radius 3 is 2.44 bits per heavy atom. The zero-order valence-corrected chi connectivity index (χ0v) is 9.62. The van der Waals surface area contributed by atoms with E-state index in [1.54, 1.807) is 0 Å². The molecule has 2 N–H and O–H groups in total. The first kappa shape index (κ1) is 13.0. The van der Waals surface area contributed by atoms with E-state index >= 15 is 0 Å². The van der Waals surface area contributed by atoms with E-state index in [2.05, 4.69) is 10.1 Å². The van der Waals surface area contributed by atoms with Crippen LogP contribution in [0.25, 0.3) is 0 Å². The topological polar surface area (TPSA) is 75.6 Å². The third-order valence-electron chi connectivity index (χ3n) is 3.14. The van der Waals surface area contributed by atoms with Crippen molar-refractivity contribution in [3.8, 4) is 0 Å². The summed E-state index contributed by atoms with van der Waals surface area (Å²) in [6.45, 7) is 0.360. The first-order valence-electron chi connectivity index (χ1n) is 5.66. The smallest absolute Gasteiger partial charge is 0.323 e. The molecule has 0 spiro atoms. The molecular formula is C11H19NO4. The fourth-order valence-electron chi connectivity index (χ4n) is 2.13. The minimum Gasteiger partial charge on any atom is -0.480 e. The Morgan fingerprint density at radius 2 is 1.94 bits per heavy atom. The molecule has 0 aliphatic heterocycles. The quantitative estimate of drug-likeness (QED) is 0.686. The van der Waals surface area contributed by atoms with Gasteiger partial charge in [-0.25, -0.2) is 0 Å². The van der Waals surface area contributed by atoms with Crippen LogP contribution in [-0.4, -0.2) is 36.2 Å². The van der Waals surface area contributed by atoms with Gasteiger partial charge in [-0.15, -0.1) is 0 Å². The van der Waals surface area contributed by atoms with Gasteiger partial charge in [-0.05, 0) is 12.8 Å². The van der Waals surface area contributed by atoms with Crippen LogP contribution < -0.4 is 5.32 Å². The Balaban J connectivity index is 2.45. The van der Waals surface area contributed by atoms with Crippen molar-refractivity contribution in [1.29, 1.82) is 0 Å². The van der Waals surface area contributed by atoms with Gasteiger partial charge >= 0.3 is 11.9 Å².